The molecule has 0 aliphatic rings. The Morgan fingerprint density at radius 1 is 0.500 bits per heavy atom. The van der Waals surface area contributed by atoms with Crippen molar-refractivity contribution in [1.82, 2.24) is 0 Å². The lowest BCUT2D eigenvalue weighted by atomic mass is 10.0. The van der Waals surface area contributed by atoms with Crippen molar-refractivity contribution in [3.05, 3.63) is 0 Å². The molecule has 0 amide bonds. The molecule has 0 fully saturated rings. The van der Waals surface area contributed by atoms with Crippen molar-refractivity contribution in [2.45, 2.75) is 106 Å². The van der Waals surface area contributed by atoms with Gasteiger partial charge in [-0.1, -0.05) is 106 Å². The van der Waals surface area contributed by atoms with Gasteiger partial charge in [0.25, 0.3) is 0 Å². The highest BCUT2D eigenvalue weighted by Gasteiger charge is 1.95. The standard InChI is InChI=1S/C10H22.C8H18/c1-3-5-7-9-10-8-6-4-2;1-7(2)5-6-8(3)4/h3-10H2,1-2H3;7-8H,5-6H2,1-4H3. The number of hydrogen-bond donors (Lipinski definition) is 0. The quantitative estimate of drug-likeness (QED) is 0.362. The van der Waals surface area contributed by atoms with Crippen molar-refractivity contribution < 1.29 is 0 Å². The van der Waals surface area contributed by atoms with Crippen LogP contribution in [-0.2, 0) is 0 Å². The molecule has 0 radical (unpaired) electrons. The summed E-state index contributed by atoms with van der Waals surface area (Å²) in [6.45, 7) is 13.7. The fourth-order valence-electron chi connectivity index (χ4n) is 1.87. The summed E-state index contributed by atoms with van der Waals surface area (Å²) in [5.41, 5.74) is 0. The zero-order valence-corrected chi connectivity index (χ0v) is 14.2. The maximum atomic E-state index is 2.28. The lowest BCUT2D eigenvalue weighted by Gasteiger charge is -2.05. The maximum absolute atomic E-state index is 2.28. The van der Waals surface area contributed by atoms with E-state index in [-0.39, 0.29) is 0 Å². The Bertz CT molecular complexity index is 108. The van der Waals surface area contributed by atoms with Gasteiger partial charge in [-0.05, 0) is 11.8 Å². The van der Waals surface area contributed by atoms with Crippen LogP contribution in [0, 0.1) is 11.8 Å². The third kappa shape index (κ3) is 25.0. The van der Waals surface area contributed by atoms with Crippen molar-refractivity contribution in [2.75, 3.05) is 0 Å². The van der Waals surface area contributed by atoms with Crippen LogP contribution >= 0.6 is 0 Å². The van der Waals surface area contributed by atoms with Gasteiger partial charge in [0.05, 0.1) is 0 Å². The molecule has 112 valence electrons. The SMILES string of the molecule is CC(C)CCC(C)C.CCCCCCCCCC. The van der Waals surface area contributed by atoms with Gasteiger partial charge in [0.15, 0.2) is 0 Å². The van der Waals surface area contributed by atoms with Crippen molar-refractivity contribution in [2.24, 2.45) is 11.8 Å². The molecular formula is C18H40. The van der Waals surface area contributed by atoms with E-state index in [0.717, 1.165) is 11.8 Å². The van der Waals surface area contributed by atoms with Crippen LogP contribution in [0.4, 0.5) is 0 Å². The second-order valence-electron chi connectivity index (χ2n) is 6.49. The lowest BCUT2D eigenvalue weighted by molar-refractivity contribution is 0.476. The first-order valence-electron chi connectivity index (χ1n) is 8.54. The molecule has 0 aromatic rings. The third-order valence-corrected chi connectivity index (χ3v) is 3.28. The van der Waals surface area contributed by atoms with Crippen LogP contribution in [0.2, 0.25) is 0 Å². The van der Waals surface area contributed by atoms with Gasteiger partial charge in [0.1, 0.15) is 0 Å². The molecule has 0 heteroatoms. The Balaban J connectivity index is 0. The molecule has 0 saturated carbocycles. The number of rotatable bonds is 10. The van der Waals surface area contributed by atoms with Crippen LogP contribution in [-0.4, -0.2) is 0 Å². The molecule has 0 bridgehead atoms. The van der Waals surface area contributed by atoms with Crippen LogP contribution in [0.1, 0.15) is 106 Å². The minimum atomic E-state index is 0.886. The summed E-state index contributed by atoms with van der Waals surface area (Å²) < 4.78 is 0. The predicted molar refractivity (Wildman–Crippen MR) is 87.2 cm³/mol. The van der Waals surface area contributed by atoms with Gasteiger partial charge in [-0.2, -0.15) is 0 Å². The first kappa shape index (κ1) is 20.3. The molecule has 0 nitrogen and oxygen atoms in total. The number of hydrogen-bond acceptors (Lipinski definition) is 0. The monoisotopic (exact) mass is 256 g/mol. The van der Waals surface area contributed by atoms with Crippen LogP contribution in [0.15, 0.2) is 0 Å². The molecule has 0 aromatic carbocycles. The van der Waals surface area contributed by atoms with E-state index in [0.29, 0.717) is 0 Å². The highest BCUT2D eigenvalue weighted by Crippen LogP contribution is 2.09. The van der Waals surface area contributed by atoms with Crippen molar-refractivity contribution in [3.8, 4) is 0 Å². The van der Waals surface area contributed by atoms with Gasteiger partial charge in [-0.3, -0.25) is 0 Å². The topological polar surface area (TPSA) is 0 Å². The van der Waals surface area contributed by atoms with E-state index in [1.165, 1.54) is 64.2 Å². The van der Waals surface area contributed by atoms with Gasteiger partial charge < -0.3 is 0 Å². The highest BCUT2D eigenvalue weighted by atomic mass is 14.0. The molecule has 0 heterocycles. The van der Waals surface area contributed by atoms with Crippen LogP contribution in [0.3, 0.4) is 0 Å². The maximum Gasteiger partial charge on any atom is -0.0471 e. The van der Waals surface area contributed by atoms with Gasteiger partial charge in [-0.15, -0.1) is 0 Å². The molecule has 0 spiro atoms. The molecule has 0 unspecified atom stereocenters. The van der Waals surface area contributed by atoms with Crippen LogP contribution in [0.5, 0.6) is 0 Å². The molecule has 18 heavy (non-hydrogen) atoms. The second kappa shape index (κ2) is 17.0. The fourth-order valence-corrected chi connectivity index (χ4v) is 1.87. The Hall–Kier alpha value is 0. The molecule has 0 atom stereocenters. The van der Waals surface area contributed by atoms with E-state index in [9.17, 15) is 0 Å². The van der Waals surface area contributed by atoms with Gasteiger partial charge in [0, 0.05) is 0 Å². The normalized spacial score (nSPS) is 10.7. The average molecular weight is 257 g/mol. The summed E-state index contributed by atoms with van der Waals surface area (Å²) in [4.78, 5) is 0. The molecule has 0 aromatic heterocycles. The van der Waals surface area contributed by atoms with Gasteiger partial charge in [0.2, 0.25) is 0 Å². The zero-order valence-electron chi connectivity index (χ0n) is 14.2. The van der Waals surface area contributed by atoms with Crippen molar-refractivity contribution in [3.63, 3.8) is 0 Å². The Labute approximate surface area is 118 Å². The Morgan fingerprint density at radius 3 is 1.00 bits per heavy atom. The van der Waals surface area contributed by atoms with E-state index in [2.05, 4.69) is 41.5 Å². The molecular weight excluding hydrogens is 216 g/mol. The van der Waals surface area contributed by atoms with Crippen LogP contribution in [0.25, 0.3) is 0 Å². The predicted octanol–water partition coefficient (Wildman–Crippen LogP) is 7.23. The zero-order chi connectivity index (χ0) is 14.2. The first-order valence-corrected chi connectivity index (χ1v) is 8.54. The summed E-state index contributed by atoms with van der Waals surface area (Å²) in [6, 6.07) is 0. The second-order valence-corrected chi connectivity index (χ2v) is 6.49. The van der Waals surface area contributed by atoms with E-state index in [1.807, 2.05) is 0 Å². The van der Waals surface area contributed by atoms with E-state index in [4.69, 9.17) is 0 Å². The third-order valence-electron chi connectivity index (χ3n) is 3.28. The summed E-state index contributed by atoms with van der Waals surface area (Å²) in [5.74, 6) is 1.77. The number of unbranched alkanes of at least 4 members (excludes halogenated alkanes) is 7. The van der Waals surface area contributed by atoms with Gasteiger partial charge >= 0.3 is 0 Å². The van der Waals surface area contributed by atoms with Crippen molar-refractivity contribution >= 4 is 0 Å². The van der Waals surface area contributed by atoms with E-state index >= 15 is 0 Å². The smallest absolute Gasteiger partial charge is 0.0471 e. The Morgan fingerprint density at radius 2 is 0.778 bits per heavy atom. The fraction of sp³-hybridized carbons (Fsp3) is 1.00. The molecule has 0 N–H and O–H groups in total. The molecule has 0 aliphatic heterocycles. The first-order chi connectivity index (χ1) is 8.54. The Kier molecular flexibility index (Phi) is 19.2. The lowest BCUT2D eigenvalue weighted by Crippen LogP contribution is -1.91. The van der Waals surface area contributed by atoms with Gasteiger partial charge in [-0.25, -0.2) is 0 Å². The summed E-state index contributed by atoms with van der Waals surface area (Å²) >= 11 is 0. The van der Waals surface area contributed by atoms with E-state index in [1.54, 1.807) is 0 Å². The molecule has 0 rings (SSSR count). The minimum absolute atomic E-state index is 0.886. The van der Waals surface area contributed by atoms with Crippen molar-refractivity contribution in [1.29, 1.82) is 0 Å². The molecule has 0 aliphatic carbocycles. The minimum Gasteiger partial charge on any atom is -0.0654 e. The van der Waals surface area contributed by atoms with E-state index < -0.39 is 0 Å². The highest BCUT2D eigenvalue weighted by molar-refractivity contribution is 4.48. The summed E-state index contributed by atoms with van der Waals surface area (Å²) in [6.07, 6.45) is 14.2. The average Bonchev–Trinajstić information content (AvgIpc) is 2.32. The summed E-state index contributed by atoms with van der Waals surface area (Å²) in [7, 11) is 0. The molecule has 0 saturated heterocycles. The largest absolute Gasteiger partial charge is 0.0654 e. The summed E-state index contributed by atoms with van der Waals surface area (Å²) in [5, 5.41) is 0. The van der Waals surface area contributed by atoms with Crippen LogP contribution < -0.4 is 0 Å².